The van der Waals surface area contributed by atoms with E-state index in [1.165, 1.54) is 4.31 Å². The lowest BCUT2D eigenvalue weighted by Gasteiger charge is -2.34. The molecule has 0 saturated carbocycles. The average molecular weight is 425 g/mol. The third-order valence-electron chi connectivity index (χ3n) is 5.06. The van der Waals surface area contributed by atoms with E-state index in [4.69, 9.17) is 4.74 Å². The molecular weight excluding hydrogens is 400 g/mol. The largest absolute Gasteiger partial charge is 0.494 e. The van der Waals surface area contributed by atoms with Crippen molar-refractivity contribution >= 4 is 15.8 Å². The Labute approximate surface area is 177 Å². The van der Waals surface area contributed by atoms with Crippen LogP contribution in [0.25, 0.3) is 11.3 Å². The molecule has 30 heavy (non-hydrogen) atoms. The minimum Gasteiger partial charge on any atom is -0.494 e. The maximum absolute atomic E-state index is 12.9. The van der Waals surface area contributed by atoms with Crippen LogP contribution in [0.5, 0.6) is 5.75 Å². The van der Waals surface area contributed by atoms with Gasteiger partial charge in [0.05, 0.1) is 17.2 Å². The van der Waals surface area contributed by atoms with Crippen LogP contribution in [0.4, 0.5) is 5.82 Å². The fourth-order valence-electron chi connectivity index (χ4n) is 3.44. The van der Waals surface area contributed by atoms with Gasteiger partial charge in [0.15, 0.2) is 5.82 Å². The zero-order valence-electron chi connectivity index (χ0n) is 16.8. The topological polar surface area (TPSA) is 75.6 Å². The fourth-order valence-corrected chi connectivity index (χ4v) is 4.86. The van der Waals surface area contributed by atoms with Crippen molar-refractivity contribution in [3.63, 3.8) is 0 Å². The van der Waals surface area contributed by atoms with Gasteiger partial charge in [-0.2, -0.15) is 4.31 Å². The normalized spacial score (nSPS) is 15.2. The Morgan fingerprint density at radius 2 is 1.57 bits per heavy atom. The first-order chi connectivity index (χ1) is 14.6. The van der Waals surface area contributed by atoms with Crippen molar-refractivity contribution in [3.8, 4) is 17.0 Å². The predicted molar refractivity (Wildman–Crippen MR) is 116 cm³/mol. The van der Waals surface area contributed by atoms with Gasteiger partial charge in [-0.3, -0.25) is 0 Å². The van der Waals surface area contributed by atoms with Crippen molar-refractivity contribution in [2.45, 2.75) is 11.8 Å². The molecule has 0 atom stereocenters. The maximum Gasteiger partial charge on any atom is 0.243 e. The van der Waals surface area contributed by atoms with Gasteiger partial charge in [-0.25, -0.2) is 8.42 Å². The standard InChI is InChI=1S/C22H24N4O3S/c1-2-29-19-8-10-20(11-9-19)30(27,28)26-16-14-25(15-17-26)22-13-12-21(23-24-22)18-6-4-3-5-7-18/h3-13H,2,14-17H2,1H3. The molecule has 2 aromatic carbocycles. The SMILES string of the molecule is CCOc1ccc(S(=O)(=O)N2CCN(c3ccc(-c4ccccc4)nn3)CC2)cc1. The summed E-state index contributed by atoms with van der Waals surface area (Å²) in [5.41, 5.74) is 1.83. The van der Waals surface area contributed by atoms with Crippen molar-refractivity contribution in [2.24, 2.45) is 0 Å². The van der Waals surface area contributed by atoms with Crippen LogP contribution in [0, 0.1) is 0 Å². The Kier molecular flexibility index (Phi) is 5.96. The summed E-state index contributed by atoms with van der Waals surface area (Å²) >= 11 is 0. The first kappa shape index (κ1) is 20.3. The Morgan fingerprint density at radius 3 is 2.17 bits per heavy atom. The van der Waals surface area contributed by atoms with Gasteiger partial charge in [0.2, 0.25) is 10.0 Å². The highest BCUT2D eigenvalue weighted by Gasteiger charge is 2.29. The molecule has 8 heteroatoms. The number of hydrogen-bond acceptors (Lipinski definition) is 6. The number of nitrogens with zero attached hydrogens (tertiary/aromatic N) is 4. The van der Waals surface area contributed by atoms with Gasteiger partial charge in [-0.1, -0.05) is 30.3 Å². The Bertz CT molecular complexity index is 1060. The van der Waals surface area contributed by atoms with E-state index < -0.39 is 10.0 Å². The van der Waals surface area contributed by atoms with E-state index in [0.717, 1.165) is 17.1 Å². The fraction of sp³-hybridized carbons (Fsp3) is 0.273. The molecule has 0 unspecified atom stereocenters. The number of benzene rings is 2. The highest BCUT2D eigenvalue weighted by atomic mass is 32.2. The summed E-state index contributed by atoms with van der Waals surface area (Å²) in [6, 6.07) is 20.3. The molecule has 1 saturated heterocycles. The van der Waals surface area contributed by atoms with Crippen molar-refractivity contribution in [1.29, 1.82) is 0 Å². The molecule has 1 aliphatic heterocycles. The average Bonchev–Trinajstić information content (AvgIpc) is 2.80. The van der Waals surface area contributed by atoms with Crippen molar-refractivity contribution in [3.05, 3.63) is 66.7 Å². The maximum atomic E-state index is 12.9. The zero-order valence-corrected chi connectivity index (χ0v) is 17.6. The Balaban J connectivity index is 1.40. The first-order valence-corrected chi connectivity index (χ1v) is 11.4. The molecule has 1 fully saturated rings. The van der Waals surface area contributed by atoms with E-state index in [1.807, 2.05) is 49.4 Å². The van der Waals surface area contributed by atoms with Gasteiger partial charge in [0.1, 0.15) is 5.75 Å². The molecule has 156 valence electrons. The molecule has 2 heterocycles. The van der Waals surface area contributed by atoms with Gasteiger partial charge >= 0.3 is 0 Å². The van der Waals surface area contributed by atoms with Crippen molar-refractivity contribution < 1.29 is 13.2 Å². The van der Waals surface area contributed by atoms with Gasteiger partial charge < -0.3 is 9.64 Å². The van der Waals surface area contributed by atoms with Crippen LogP contribution in [0.1, 0.15) is 6.92 Å². The summed E-state index contributed by atoms with van der Waals surface area (Å²) in [4.78, 5) is 2.35. The number of piperazine rings is 1. The number of aromatic nitrogens is 2. The second kappa shape index (κ2) is 8.81. The lowest BCUT2D eigenvalue weighted by molar-refractivity contribution is 0.340. The lowest BCUT2D eigenvalue weighted by atomic mass is 10.1. The number of sulfonamides is 1. The molecule has 0 amide bonds. The molecular formula is C22H24N4O3S. The molecule has 0 N–H and O–H groups in total. The second-order valence-corrected chi connectivity index (χ2v) is 8.88. The van der Waals surface area contributed by atoms with Gasteiger partial charge in [0.25, 0.3) is 0 Å². The van der Waals surface area contributed by atoms with Crippen LogP contribution < -0.4 is 9.64 Å². The number of ether oxygens (including phenoxy) is 1. The van der Waals surface area contributed by atoms with E-state index in [9.17, 15) is 8.42 Å². The molecule has 3 aromatic rings. The van der Waals surface area contributed by atoms with E-state index in [0.29, 0.717) is 38.5 Å². The second-order valence-electron chi connectivity index (χ2n) is 6.94. The summed E-state index contributed by atoms with van der Waals surface area (Å²) < 4.78 is 32.8. The van der Waals surface area contributed by atoms with Crippen LogP contribution in [0.15, 0.2) is 71.6 Å². The number of hydrogen-bond donors (Lipinski definition) is 0. The molecule has 1 aliphatic rings. The van der Waals surface area contributed by atoms with E-state index >= 15 is 0 Å². The third-order valence-corrected chi connectivity index (χ3v) is 6.97. The summed E-state index contributed by atoms with van der Waals surface area (Å²) in [5, 5.41) is 8.67. The van der Waals surface area contributed by atoms with Crippen LogP contribution >= 0.6 is 0 Å². The minimum absolute atomic E-state index is 0.284. The Hall–Kier alpha value is -2.97. The first-order valence-electron chi connectivity index (χ1n) is 9.95. The molecule has 0 aliphatic carbocycles. The van der Waals surface area contributed by atoms with E-state index in [2.05, 4.69) is 15.1 Å². The highest BCUT2D eigenvalue weighted by Crippen LogP contribution is 2.23. The van der Waals surface area contributed by atoms with Crippen LogP contribution in [-0.2, 0) is 10.0 Å². The molecule has 0 radical (unpaired) electrons. The third kappa shape index (κ3) is 4.29. The molecule has 4 rings (SSSR count). The van der Waals surface area contributed by atoms with Crippen molar-refractivity contribution in [1.82, 2.24) is 14.5 Å². The van der Waals surface area contributed by atoms with Crippen LogP contribution in [0.3, 0.4) is 0 Å². The minimum atomic E-state index is -3.53. The van der Waals surface area contributed by atoms with Gasteiger partial charge in [0, 0.05) is 31.7 Å². The highest BCUT2D eigenvalue weighted by molar-refractivity contribution is 7.89. The molecule has 1 aromatic heterocycles. The number of rotatable bonds is 6. The van der Waals surface area contributed by atoms with Crippen LogP contribution in [-0.4, -0.2) is 55.7 Å². The summed E-state index contributed by atoms with van der Waals surface area (Å²) in [6.07, 6.45) is 0. The lowest BCUT2D eigenvalue weighted by Crippen LogP contribution is -2.48. The molecule has 7 nitrogen and oxygen atoms in total. The number of anilines is 1. The van der Waals surface area contributed by atoms with Crippen molar-refractivity contribution in [2.75, 3.05) is 37.7 Å². The van der Waals surface area contributed by atoms with E-state index in [-0.39, 0.29) is 4.90 Å². The summed E-state index contributed by atoms with van der Waals surface area (Å²) in [6.45, 7) is 4.37. The smallest absolute Gasteiger partial charge is 0.243 e. The van der Waals surface area contributed by atoms with Gasteiger partial charge in [-0.05, 0) is 43.3 Å². The van der Waals surface area contributed by atoms with Crippen LogP contribution in [0.2, 0.25) is 0 Å². The van der Waals surface area contributed by atoms with Gasteiger partial charge in [-0.15, -0.1) is 10.2 Å². The zero-order chi connectivity index (χ0) is 21.0. The summed E-state index contributed by atoms with van der Waals surface area (Å²) in [7, 11) is -3.53. The summed E-state index contributed by atoms with van der Waals surface area (Å²) in [5.74, 6) is 1.42. The quantitative estimate of drug-likeness (QED) is 0.605. The predicted octanol–water partition coefficient (Wildman–Crippen LogP) is 3.05. The monoisotopic (exact) mass is 424 g/mol. The molecule has 0 bridgehead atoms. The molecule has 0 spiro atoms. The Morgan fingerprint density at radius 1 is 0.867 bits per heavy atom. The van der Waals surface area contributed by atoms with E-state index in [1.54, 1.807) is 24.3 Å².